The van der Waals surface area contributed by atoms with Crippen LogP contribution in [-0.2, 0) is 11.2 Å². The van der Waals surface area contributed by atoms with E-state index in [0.717, 1.165) is 29.4 Å². The van der Waals surface area contributed by atoms with Gasteiger partial charge >= 0.3 is 0 Å². The average molecular weight is 269 g/mol. The van der Waals surface area contributed by atoms with E-state index in [1.54, 1.807) is 0 Å². The first-order valence-corrected chi connectivity index (χ1v) is 7.64. The van der Waals surface area contributed by atoms with Crippen LogP contribution in [0.15, 0.2) is 28.7 Å². The molecule has 0 N–H and O–H groups in total. The summed E-state index contributed by atoms with van der Waals surface area (Å²) in [7, 11) is 0. The van der Waals surface area contributed by atoms with Gasteiger partial charge in [0.1, 0.15) is 11.3 Å². The number of hydrogen-bond donors (Lipinski definition) is 0. The molecule has 0 radical (unpaired) electrons. The summed E-state index contributed by atoms with van der Waals surface area (Å²) >= 11 is 0. The van der Waals surface area contributed by atoms with Crippen LogP contribution < -0.4 is 0 Å². The first-order chi connectivity index (χ1) is 9.78. The largest absolute Gasteiger partial charge is 0.440 e. The van der Waals surface area contributed by atoms with E-state index in [1.807, 2.05) is 24.3 Å². The summed E-state index contributed by atoms with van der Waals surface area (Å²) in [6, 6.07) is 7.68. The second-order valence-corrected chi connectivity index (χ2v) is 6.43. The monoisotopic (exact) mass is 269 g/mol. The fraction of sp³-hybridized carbons (Fsp3) is 0.529. The van der Waals surface area contributed by atoms with Crippen molar-refractivity contribution in [2.24, 2.45) is 17.8 Å². The van der Waals surface area contributed by atoms with E-state index in [1.165, 1.54) is 25.7 Å². The summed E-state index contributed by atoms with van der Waals surface area (Å²) in [4.78, 5) is 16.6. The molecule has 2 aromatic rings. The zero-order valence-corrected chi connectivity index (χ0v) is 11.5. The highest BCUT2D eigenvalue weighted by Crippen LogP contribution is 2.49. The van der Waals surface area contributed by atoms with Gasteiger partial charge in [0.25, 0.3) is 0 Å². The molecule has 3 heteroatoms. The molecular weight excluding hydrogens is 250 g/mol. The summed E-state index contributed by atoms with van der Waals surface area (Å²) in [6.07, 6.45) is 6.43. The summed E-state index contributed by atoms with van der Waals surface area (Å²) in [5.74, 6) is 3.20. The first kappa shape index (κ1) is 12.1. The van der Waals surface area contributed by atoms with Crippen molar-refractivity contribution in [1.29, 1.82) is 0 Å². The number of benzene rings is 1. The Kier molecular flexibility index (Phi) is 2.86. The zero-order valence-electron chi connectivity index (χ0n) is 11.5. The highest BCUT2D eigenvalue weighted by atomic mass is 16.3. The molecule has 1 aromatic heterocycles. The van der Waals surface area contributed by atoms with Gasteiger partial charge in [-0.15, -0.1) is 0 Å². The van der Waals surface area contributed by atoms with E-state index in [2.05, 4.69) is 4.98 Å². The molecule has 4 rings (SSSR count). The van der Waals surface area contributed by atoms with Gasteiger partial charge in [0, 0.05) is 6.42 Å². The third-order valence-corrected chi connectivity index (χ3v) is 5.06. The van der Waals surface area contributed by atoms with Gasteiger partial charge in [-0.2, -0.15) is 0 Å². The SMILES string of the molecule is O=C(Cc1nc2ccccc2o1)CC1CC2CCC1C2. The van der Waals surface area contributed by atoms with Crippen LogP contribution in [0.2, 0.25) is 0 Å². The lowest BCUT2D eigenvalue weighted by Gasteiger charge is -2.20. The fourth-order valence-electron chi connectivity index (χ4n) is 4.16. The van der Waals surface area contributed by atoms with Crippen LogP contribution in [0.25, 0.3) is 11.1 Å². The van der Waals surface area contributed by atoms with Gasteiger partial charge in [0.15, 0.2) is 5.58 Å². The van der Waals surface area contributed by atoms with Crippen molar-refractivity contribution in [3.63, 3.8) is 0 Å². The number of oxazole rings is 1. The second kappa shape index (κ2) is 4.72. The fourth-order valence-corrected chi connectivity index (χ4v) is 4.16. The van der Waals surface area contributed by atoms with Gasteiger partial charge in [-0.3, -0.25) is 4.79 Å². The number of nitrogens with zero attached hydrogens (tertiary/aromatic N) is 1. The lowest BCUT2D eigenvalue weighted by atomic mass is 9.85. The molecule has 104 valence electrons. The van der Waals surface area contributed by atoms with Crippen LogP contribution in [0.5, 0.6) is 0 Å². The highest BCUT2D eigenvalue weighted by Gasteiger charge is 2.40. The number of carbonyl (C=O) groups excluding carboxylic acids is 1. The Morgan fingerprint density at radius 3 is 2.90 bits per heavy atom. The second-order valence-electron chi connectivity index (χ2n) is 6.43. The van der Waals surface area contributed by atoms with Crippen molar-refractivity contribution in [3.8, 4) is 0 Å². The maximum absolute atomic E-state index is 12.2. The van der Waals surface area contributed by atoms with Gasteiger partial charge in [0.05, 0.1) is 6.42 Å². The summed E-state index contributed by atoms with van der Waals surface area (Å²) in [5, 5.41) is 0. The molecule has 0 spiro atoms. The minimum atomic E-state index is 0.286. The summed E-state index contributed by atoms with van der Waals surface area (Å²) in [5.41, 5.74) is 1.62. The van der Waals surface area contributed by atoms with Crippen molar-refractivity contribution >= 4 is 16.9 Å². The molecule has 2 fully saturated rings. The number of ketones is 1. The summed E-state index contributed by atoms with van der Waals surface area (Å²) < 4.78 is 5.63. The van der Waals surface area contributed by atoms with Crippen LogP contribution in [-0.4, -0.2) is 10.8 Å². The molecule has 0 saturated heterocycles. The maximum atomic E-state index is 12.2. The minimum absolute atomic E-state index is 0.286. The number of Topliss-reactive ketones (excluding diaryl/α,β-unsaturated/α-hetero) is 1. The van der Waals surface area contributed by atoms with E-state index < -0.39 is 0 Å². The predicted octanol–water partition coefficient (Wildman–Crippen LogP) is 3.77. The van der Waals surface area contributed by atoms with Gasteiger partial charge < -0.3 is 4.42 Å². The van der Waals surface area contributed by atoms with Gasteiger partial charge in [-0.25, -0.2) is 4.98 Å². The Morgan fingerprint density at radius 1 is 1.25 bits per heavy atom. The third-order valence-electron chi connectivity index (χ3n) is 5.06. The van der Waals surface area contributed by atoms with Crippen LogP contribution >= 0.6 is 0 Å². The van der Waals surface area contributed by atoms with Gasteiger partial charge in [-0.1, -0.05) is 18.6 Å². The molecular formula is C17H19NO2. The standard InChI is InChI=1S/C17H19NO2/c19-14(9-13-8-11-5-6-12(13)7-11)10-17-18-15-3-1-2-4-16(15)20-17/h1-4,11-13H,5-10H2. The lowest BCUT2D eigenvalue weighted by Crippen LogP contribution is -2.16. The van der Waals surface area contributed by atoms with E-state index in [9.17, 15) is 4.79 Å². The Bertz CT molecular complexity index is 612. The van der Waals surface area contributed by atoms with E-state index in [4.69, 9.17) is 4.42 Å². The van der Waals surface area contributed by atoms with Crippen molar-refractivity contribution < 1.29 is 9.21 Å². The topological polar surface area (TPSA) is 43.1 Å². The van der Waals surface area contributed by atoms with Crippen LogP contribution in [0, 0.1) is 17.8 Å². The van der Waals surface area contributed by atoms with Crippen molar-refractivity contribution in [2.45, 2.75) is 38.5 Å². The zero-order chi connectivity index (χ0) is 13.5. The first-order valence-electron chi connectivity index (χ1n) is 7.64. The van der Waals surface area contributed by atoms with Crippen LogP contribution in [0.1, 0.15) is 38.0 Å². The third kappa shape index (κ3) is 2.15. The molecule has 1 aromatic carbocycles. The van der Waals surface area contributed by atoms with Crippen molar-refractivity contribution in [1.82, 2.24) is 4.98 Å². The quantitative estimate of drug-likeness (QED) is 0.848. The van der Waals surface area contributed by atoms with Gasteiger partial charge in [-0.05, 0) is 49.1 Å². The summed E-state index contributed by atoms with van der Waals surface area (Å²) in [6.45, 7) is 0. The normalized spacial score (nSPS) is 28.3. The Hall–Kier alpha value is -1.64. The number of rotatable bonds is 4. The molecule has 2 aliphatic rings. The predicted molar refractivity (Wildman–Crippen MR) is 76.3 cm³/mol. The Labute approximate surface area is 118 Å². The van der Waals surface area contributed by atoms with Crippen molar-refractivity contribution in [2.75, 3.05) is 0 Å². The number of para-hydroxylation sites is 2. The molecule has 20 heavy (non-hydrogen) atoms. The molecule has 0 aliphatic heterocycles. The molecule has 3 atom stereocenters. The van der Waals surface area contributed by atoms with E-state index >= 15 is 0 Å². The van der Waals surface area contributed by atoms with Gasteiger partial charge in [0.2, 0.25) is 5.89 Å². The lowest BCUT2D eigenvalue weighted by molar-refractivity contribution is -0.120. The Morgan fingerprint density at radius 2 is 2.15 bits per heavy atom. The number of hydrogen-bond acceptors (Lipinski definition) is 3. The molecule has 2 bridgehead atoms. The number of aromatic nitrogens is 1. The van der Waals surface area contributed by atoms with Crippen LogP contribution in [0.3, 0.4) is 0 Å². The smallest absolute Gasteiger partial charge is 0.202 e. The number of carbonyl (C=O) groups is 1. The average Bonchev–Trinajstić information content (AvgIpc) is 3.11. The molecule has 3 unspecified atom stereocenters. The molecule has 2 aliphatic carbocycles. The van der Waals surface area contributed by atoms with Crippen LogP contribution in [0.4, 0.5) is 0 Å². The molecule has 2 saturated carbocycles. The highest BCUT2D eigenvalue weighted by molar-refractivity contribution is 5.81. The molecule has 3 nitrogen and oxygen atoms in total. The van der Waals surface area contributed by atoms with E-state index in [0.29, 0.717) is 18.2 Å². The van der Waals surface area contributed by atoms with E-state index in [-0.39, 0.29) is 5.78 Å². The van der Waals surface area contributed by atoms with Crippen molar-refractivity contribution in [3.05, 3.63) is 30.2 Å². The number of fused-ring (bicyclic) bond motifs is 3. The maximum Gasteiger partial charge on any atom is 0.202 e. The minimum Gasteiger partial charge on any atom is -0.440 e. The molecule has 1 heterocycles. The molecule has 0 amide bonds. The Balaban J connectivity index is 1.42.